The van der Waals surface area contributed by atoms with Gasteiger partial charge in [-0.1, -0.05) is 22.9 Å². The van der Waals surface area contributed by atoms with Crippen LogP contribution in [0.25, 0.3) is 0 Å². The van der Waals surface area contributed by atoms with Crippen molar-refractivity contribution in [1.29, 1.82) is 0 Å². The minimum absolute atomic E-state index is 0.428. The van der Waals surface area contributed by atoms with Crippen molar-refractivity contribution in [3.8, 4) is 11.5 Å². The summed E-state index contributed by atoms with van der Waals surface area (Å²) in [5.41, 5.74) is 2.57. The maximum atomic E-state index is 5.36. The second-order valence-corrected chi connectivity index (χ2v) is 5.83. The van der Waals surface area contributed by atoms with Gasteiger partial charge < -0.3 is 9.47 Å². The minimum atomic E-state index is 0.428. The number of methoxy groups -OCH3 is 2. The lowest BCUT2D eigenvalue weighted by atomic mass is 10.0. The highest BCUT2D eigenvalue weighted by atomic mass is 79.9. The van der Waals surface area contributed by atoms with E-state index in [1.807, 2.05) is 0 Å². The van der Waals surface area contributed by atoms with Gasteiger partial charge in [-0.05, 0) is 48.4 Å². The van der Waals surface area contributed by atoms with Gasteiger partial charge in [0.1, 0.15) is 0 Å². The maximum absolute atomic E-state index is 5.36. The number of aryl methyl sites for hydroxylation is 1. The molecule has 3 unspecified atom stereocenters. The van der Waals surface area contributed by atoms with E-state index in [-0.39, 0.29) is 0 Å². The van der Waals surface area contributed by atoms with Gasteiger partial charge in [-0.3, -0.25) is 0 Å². The monoisotopic (exact) mass is 298 g/mol. The van der Waals surface area contributed by atoms with E-state index in [1.54, 1.807) is 14.2 Å². The van der Waals surface area contributed by atoms with E-state index >= 15 is 0 Å². The molecule has 1 aromatic carbocycles. The van der Waals surface area contributed by atoms with E-state index < -0.39 is 0 Å². The average Bonchev–Trinajstić information content (AvgIpc) is 3.05. The van der Waals surface area contributed by atoms with Gasteiger partial charge in [0, 0.05) is 4.83 Å². The number of hydrogen-bond donors (Lipinski definition) is 0. The van der Waals surface area contributed by atoms with Crippen LogP contribution in [0.2, 0.25) is 0 Å². The number of alkyl halides is 1. The summed E-state index contributed by atoms with van der Waals surface area (Å²) in [6.45, 7) is 4.42. The Hall–Kier alpha value is -0.700. The third-order valence-electron chi connectivity index (χ3n) is 3.62. The quantitative estimate of drug-likeness (QED) is 0.779. The van der Waals surface area contributed by atoms with E-state index in [4.69, 9.17) is 9.47 Å². The average molecular weight is 299 g/mol. The predicted molar refractivity (Wildman–Crippen MR) is 73.2 cm³/mol. The fourth-order valence-corrected chi connectivity index (χ4v) is 3.51. The summed E-state index contributed by atoms with van der Waals surface area (Å²) in [6.07, 6.45) is 1.31. The van der Waals surface area contributed by atoms with Crippen LogP contribution in [-0.2, 0) is 0 Å². The van der Waals surface area contributed by atoms with Gasteiger partial charge >= 0.3 is 0 Å². The van der Waals surface area contributed by atoms with E-state index in [2.05, 4.69) is 41.9 Å². The first kappa shape index (κ1) is 12.7. The Morgan fingerprint density at radius 3 is 2.24 bits per heavy atom. The highest BCUT2D eigenvalue weighted by Gasteiger charge is 2.39. The van der Waals surface area contributed by atoms with Gasteiger partial charge in [0.05, 0.1) is 14.2 Å². The van der Waals surface area contributed by atoms with Crippen LogP contribution in [-0.4, -0.2) is 14.2 Å². The number of ether oxygens (including phenoxy) is 2. The van der Waals surface area contributed by atoms with E-state index in [1.165, 1.54) is 17.5 Å². The number of benzene rings is 1. The summed E-state index contributed by atoms with van der Waals surface area (Å²) in [5.74, 6) is 3.20. The van der Waals surface area contributed by atoms with Crippen molar-refractivity contribution in [2.75, 3.05) is 14.2 Å². The summed E-state index contributed by atoms with van der Waals surface area (Å²) in [5, 5.41) is 0. The molecule has 1 aliphatic rings. The zero-order chi connectivity index (χ0) is 12.6. The molecule has 2 nitrogen and oxygen atoms in total. The van der Waals surface area contributed by atoms with Gasteiger partial charge in [-0.2, -0.15) is 0 Å². The van der Waals surface area contributed by atoms with Crippen LogP contribution in [0.15, 0.2) is 12.1 Å². The second kappa shape index (κ2) is 4.89. The molecule has 0 bridgehead atoms. The molecule has 1 saturated carbocycles. The Morgan fingerprint density at radius 2 is 1.76 bits per heavy atom. The molecule has 0 N–H and O–H groups in total. The third-order valence-corrected chi connectivity index (χ3v) is 4.79. The lowest BCUT2D eigenvalue weighted by molar-refractivity contribution is 0.354. The summed E-state index contributed by atoms with van der Waals surface area (Å²) < 4.78 is 10.7. The fraction of sp³-hybridized carbons (Fsp3) is 0.571. The molecule has 3 heteroatoms. The van der Waals surface area contributed by atoms with E-state index in [9.17, 15) is 0 Å². The SMILES string of the molecule is COc1cc(C)c(C(Br)C2CC2C)cc1OC. The van der Waals surface area contributed by atoms with Crippen LogP contribution in [0.3, 0.4) is 0 Å². The predicted octanol–water partition coefficient (Wildman–Crippen LogP) is 4.10. The molecule has 0 heterocycles. The highest BCUT2D eigenvalue weighted by Crippen LogP contribution is 2.52. The van der Waals surface area contributed by atoms with Crippen LogP contribution in [0.4, 0.5) is 0 Å². The number of rotatable bonds is 4. The normalized spacial score (nSPS) is 24.3. The van der Waals surface area contributed by atoms with Crippen LogP contribution >= 0.6 is 15.9 Å². The molecule has 2 rings (SSSR count). The Labute approximate surface area is 111 Å². The standard InChI is InChI=1S/C14H19BrO2/c1-8-5-10(8)14(15)11-7-13(17-4)12(16-3)6-9(11)2/h6-8,10,14H,5H2,1-4H3. The minimum Gasteiger partial charge on any atom is -0.493 e. The van der Waals surface area contributed by atoms with Crippen molar-refractivity contribution in [3.63, 3.8) is 0 Å². The second-order valence-electron chi connectivity index (χ2n) is 4.84. The van der Waals surface area contributed by atoms with Crippen LogP contribution in [0.1, 0.15) is 29.3 Å². The van der Waals surface area contributed by atoms with Gasteiger partial charge in [-0.15, -0.1) is 0 Å². The Morgan fingerprint density at radius 1 is 1.24 bits per heavy atom. The Balaban J connectivity index is 2.33. The zero-order valence-corrected chi connectivity index (χ0v) is 12.4. The topological polar surface area (TPSA) is 18.5 Å². The van der Waals surface area contributed by atoms with Crippen molar-refractivity contribution >= 4 is 15.9 Å². The molecule has 1 aromatic rings. The molecule has 17 heavy (non-hydrogen) atoms. The van der Waals surface area contributed by atoms with Gasteiger partial charge in [-0.25, -0.2) is 0 Å². The fourth-order valence-electron chi connectivity index (χ4n) is 2.28. The molecule has 3 atom stereocenters. The van der Waals surface area contributed by atoms with Gasteiger partial charge in [0.2, 0.25) is 0 Å². The first-order valence-electron chi connectivity index (χ1n) is 5.95. The van der Waals surface area contributed by atoms with Gasteiger partial charge in [0.15, 0.2) is 11.5 Å². The molecule has 0 saturated heterocycles. The number of halogens is 1. The van der Waals surface area contributed by atoms with Crippen molar-refractivity contribution in [2.45, 2.75) is 25.1 Å². The molecular weight excluding hydrogens is 280 g/mol. The Kier molecular flexibility index (Phi) is 3.67. The molecule has 94 valence electrons. The first-order valence-corrected chi connectivity index (χ1v) is 6.86. The first-order chi connectivity index (χ1) is 8.08. The highest BCUT2D eigenvalue weighted by molar-refractivity contribution is 9.09. The summed E-state index contributed by atoms with van der Waals surface area (Å²) in [4.78, 5) is 0.428. The van der Waals surface area contributed by atoms with Gasteiger partial charge in [0.25, 0.3) is 0 Å². The molecule has 0 amide bonds. The van der Waals surface area contributed by atoms with Crippen molar-refractivity contribution in [3.05, 3.63) is 23.3 Å². The Bertz CT molecular complexity index is 417. The molecule has 1 aliphatic carbocycles. The van der Waals surface area contributed by atoms with Crippen molar-refractivity contribution < 1.29 is 9.47 Å². The smallest absolute Gasteiger partial charge is 0.161 e. The summed E-state index contributed by atoms with van der Waals surface area (Å²) >= 11 is 3.82. The third kappa shape index (κ3) is 2.44. The molecular formula is C14H19BrO2. The van der Waals surface area contributed by atoms with Crippen molar-refractivity contribution in [1.82, 2.24) is 0 Å². The lowest BCUT2D eigenvalue weighted by Gasteiger charge is -2.16. The molecule has 0 radical (unpaired) electrons. The molecule has 1 fully saturated rings. The van der Waals surface area contributed by atoms with Crippen molar-refractivity contribution in [2.24, 2.45) is 11.8 Å². The molecule has 0 aliphatic heterocycles. The molecule has 0 spiro atoms. The maximum Gasteiger partial charge on any atom is 0.161 e. The van der Waals surface area contributed by atoms with E-state index in [0.29, 0.717) is 4.83 Å². The molecule has 0 aromatic heterocycles. The van der Waals surface area contributed by atoms with Crippen LogP contribution in [0.5, 0.6) is 11.5 Å². The summed E-state index contributed by atoms with van der Waals surface area (Å²) in [6, 6.07) is 4.15. The number of hydrogen-bond acceptors (Lipinski definition) is 2. The summed E-state index contributed by atoms with van der Waals surface area (Å²) in [7, 11) is 3.35. The van der Waals surface area contributed by atoms with Crippen LogP contribution < -0.4 is 9.47 Å². The zero-order valence-electron chi connectivity index (χ0n) is 10.8. The lowest BCUT2D eigenvalue weighted by Crippen LogP contribution is -2.00. The van der Waals surface area contributed by atoms with Crippen LogP contribution in [0, 0.1) is 18.8 Å². The largest absolute Gasteiger partial charge is 0.493 e. The van der Waals surface area contributed by atoms with E-state index in [0.717, 1.165) is 23.3 Å².